The summed E-state index contributed by atoms with van der Waals surface area (Å²) in [5.74, 6) is 0. The molecule has 0 N–H and O–H groups in total. The minimum atomic E-state index is 0.835. The van der Waals surface area contributed by atoms with Crippen molar-refractivity contribution in [2.45, 2.75) is 39.0 Å². The van der Waals surface area contributed by atoms with Gasteiger partial charge >= 0.3 is 0 Å². The number of unbranched alkanes of at least 4 members (excludes halogenated alkanes) is 1. The molecule has 0 spiro atoms. The average Bonchev–Trinajstić information content (AvgIpc) is 3.37. The molecule has 0 bridgehead atoms. The Kier molecular flexibility index (Phi) is 7.22. The maximum atomic E-state index is 4.60. The van der Waals surface area contributed by atoms with Crippen molar-refractivity contribution in [2.75, 3.05) is 18.0 Å². The lowest BCUT2D eigenvalue weighted by atomic mass is 10.1. The van der Waals surface area contributed by atoms with Gasteiger partial charge in [0.2, 0.25) is 0 Å². The van der Waals surface area contributed by atoms with Crippen molar-refractivity contribution in [2.24, 2.45) is 15.2 Å². The van der Waals surface area contributed by atoms with Crippen LogP contribution in [0.25, 0.3) is 0 Å². The molecule has 1 fully saturated rings. The van der Waals surface area contributed by atoms with Crippen molar-refractivity contribution >= 4 is 29.0 Å². The quantitative estimate of drug-likeness (QED) is 0.276. The first-order valence-corrected chi connectivity index (χ1v) is 11.3. The molecule has 0 saturated carbocycles. The Morgan fingerprint density at radius 2 is 1.32 bits per heavy atom. The molecule has 1 heterocycles. The molecular formula is C27H30N4. The van der Waals surface area contributed by atoms with Crippen LogP contribution in [0.5, 0.6) is 0 Å². The van der Waals surface area contributed by atoms with E-state index in [0.29, 0.717) is 0 Å². The first-order chi connectivity index (χ1) is 15.3. The first-order valence-electron chi connectivity index (χ1n) is 11.3. The third-order valence-electron chi connectivity index (χ3n) is 5.61. The van der Waals surface area contributed by atoms with Crippen LogP contribution in [0.4, 0.5) is 22.7 Å². The number of benzene rings is 3. The lowest BCUT2D eigenvalue weighted by Crippen LogP contribution is -2.17. The molecule has 4 nitrogen and oxygen atoms in total. The van der Waals surface area contributed by atoms with Gasteiger partial charge in [-0.2, -0.15) is 10.2 Å². The Morgan fingerprint density at radius 1 is 0.742 bits per heavy atom. The predicted molar refractivity (Wildman–Crippen MR) is 131 cm³/mol. The third-order valence-corrected chi connectivity index (χ3v) is 5.61. The number of rotatable bonds is 8. The summed E-state index contributed by atoms with van der Waals surface area (Å²) in [4.78, 5) is 7.03. The second-order valence-corrected chi connectivity index (χ2v) is 8.03. The molecular weight excluding hydrogens is 380 g/mol. The van der Waals surface area contributed by atoms with Crippen molar-refractivity contribution in [3.63, 3.8) is 0 Å². The van der Waals surface area contributed by atoms with E-state index in [4.69, 9.17) is 0 Å². The van der Waals surface area contributed by atoms with Gasteiger partial charge in [0, 0.05) is 25.0 Å². The Morgan fingerprint density at radius 3 is 1.94 bits per heavy atom. The molecule has 1 aliphatic heterocycles. The van der Waals surface area contributed by atoms with Crippen molar-refractivity contribution in [3.05, 3.63) is 83.9 Å². The molecule has 0 amide bonds. The fourth-order valence-electron chi connectivity index (χ4n) is 3.73. The van der Waals surface area contributed by atoms with E-state index < -0.39 is 0 Å². The van der Waals surface area contributed by atoms with E-state index >= 15 is 0 Å². The number of anilines is 1. The standard InChI is InChI=1S/C27H30N4/c1-2-3-6-22-7-11-25(12-8-22)29-30-26-13-9-23(10-14-26)21-28-24-15-17-27(18-16-24)31-19-4-5-20-31/h7-18,21H,2-6,19-20H2,1H3. The topological polar surface area (TPSA) is 40.3 Å². The van der Waals surface area contributed by atoms with Gasteiger partial charge in [-0.1, -0.05) is 37.6 Å². The van der Waals surface area contributed by atoms with Crippen LogP contribution in [0, 0.1) is 0 Å². The minimum absolute atomic E-state index is 0.835. The molecule has 4 heteroatoms. The summed E-state index contributed by atoms with van der Waals surface area (Å²) in [5.41, 5.74) is 6.37. The van der Waals surface area contributed by atoms with Crippen LogP contribution >= 0.6 is 0 Å². The number of hydrogen-bond donors (Lipinski definition) is 0. The zero-order chi connectivity index (χ0) is 21.3. The zero-order valence-corrected chi connectivity index (χ0v) is 18.2. The summed E-state index contributed by atoms with van der Waals surface area (Å²) in [6.45, 7) is 4.54. The van der Waals surface area contributed by atoms with Crippen LogP contribution in [0.15, 0.2) is 88.0 Å². The van der Waals surface area contributed by atoms with Crippen LogP contribution in [0.1, 0.15) is 43.7 Å². The number of azo groups is 1. The van der Waals surface area contributed by atoms with Gasteiger partial charge in [-0.15, -0.1) is 0 Å². The van der Waals surface area contributed by atoms with Crippen LogP contribution < -0.4 is 4.90 Å². The number of nitrogens with zero attached hydrogens (tertiary/aromatic N) is 4. The fourth-order valence-corrected chi connectivity index (χ4v) is 3.73. The molecule has 3 aromatic carbocycles. The van der Waals surface area contributed by atoms with Crippen molar-refractivity contribution in [1.29, 1.82) is 0 Å². The van der Waals surface area contributed by atoms with Gasteiger partial charge in [-0.3, -0.25) is 4.99 Å². The molecule has 0 atom stereocenters. The number of hydrogen-bond acceptors (Lipinski definition) is 4. The Hall–Kier alpha value is -3.27. The SMILES string of the molecule is CCCCc1ccc(N=Nc2ccc(C=Nc3ccc(N4CCCC4)cc3)cc2)cc1. The molecule has 0 aliphatic carbocycles. The van der Waals surface area contributed by atoms with Crippen LogP contribution in [0.2, 0.25) is 0 Å². The molecule has 0 aromatic heterocycles. The Bertz CT molecular complexity index is 997. The number of aryl methyl sites for hydroxylation is 1. The maximum Gasteiger partial charge on any atom is 0.0857 e. The molecule has 3 aromatic rings. The van der Waals surface area contributed by atoms with Gasteiger partial charge in [0.1, 0.15) is 0 Å². The normalized spacial score (nSPS) is 14.2. The number of aliphatic imine (C=N–C) groups is 1. The van der Waals surface area contributed by atoms with Crippen molar-refractivity contribution in [3.8, 4) is 0 Å². The smallest absolute Gasteiger partial charge is 0.0857 e. The molecule has 4 rings (SSSR count). The van der Waals surface area contributed by atoms with Gasteiger partial charge in [-0.05, 0) is 85.3 Å². The summed E-state index contributed by atoms with van der Waals surface area (Å²) in [6.07, 6.45) is 8.04. The lowest BCUT2D eigenvalue weighted by Gasteiger charge is -2.17. The largest absolute Gasteiger partial charge is 0.372 e. The molecule has 1 saturated heterocycles. The third kappa shape index (κ3) is 6.11. The molecule has 0 radical (unpaired) electrons. The fraction of sp³-hybridized carbons (Fsp3) is 0.296. The first kappa shape index (κ1) is 21.0. The van der Waals surface area contributed by atoms with Crippen LogP contribution in [0.3, 0.4) is 0 Å². The second-order valence-electron chi connectivity index (χ2n) is 8.03. The van der Waals surface area contributed by atoms with Gasteiger partial charge in [0.15, 0.2) is 0 Å². The van der Waals surface area contributed by atoms with Gasteiger partial charge in [0.05, 0.1) is 17.1 Å². The van der Waals surface area contributed by atoms with Gasteiger partial charge < -0.3 is 4.90 Å². The van der Waals surface area contributed by atoms with Crippen molar-refractivity contribution < 1.29 is 0 Å². The molecule has 158 valence electrons. The van der Waals surface area contributed by atoms with E-state index in [1.807, 2.05) is 42.6 Å². The van der Waals surface area contributed by atoms with Gasteiger partial charge in [-0.25, -0.2) is 0 Å². The van der Waals surface area contributed by atoms with E-state index in [1.54, 1.807) is 0 Å². The highest BCUT2D eigenvalue weighted by atomic mass is 15.1. The Balaban J connectivity index is 1.33. The highest BCUT2D eigenvalue weighted by Crippen LogP contribution is 2.24. The minimum Gasteiger partial charge on any atom is -0.372 e. The Labute approximate surface area is 185 Å². The van der Waals surface area contributed by atoms with E-state index in [9.17, 15) is 0 Å². The van der Waals surface area contributed by atoms with E-state index in [0.717, 1.165) is 42.1 Å². The van der Waals surface area contributed by atoms with Crippen LogP contribution in [-0.2, 0) is 6.42 Å². The summed E-state index contributed by atoms with van der Waals surface area (Å²) in [5, 5.41) is 8.70. The summed E-state index contributed by atoms with van der Waals surface area (Å²) >= 11 is 0. The van der Waals surface area contributed by atoms with E-state index in [1.165, 1.54) is 36.9 Å². The van der Waals surface area contributed by atoms with Gasteiger partial charge in [0.25, 0.3) is 0 Å². The summed E-state index contributed by atoms with van der Waals surface area (Å²) in [6, 6.07) is 24.8. The zero-order valence-electron chi connectivity index (χ0n) is 18.2. The summed E-state index contributed by atoms with van der Waals surface area (Å²) < 4.78 is 0. The monoisotopic (exact) mass is 410 g/mol. The average molecular weight is 411 g/mol. The highest BCUT2D eigenvalue weighted by molar-refractivity contribution is 5.82. The van der Waals surface area contributed by atoms with E-state index in [-0.39, 0.29) is 0 Å². The lowest BCUT2D eigenvalue weighted by molar-refractivity contribution is 0.795. The molecule has 1 aliphatic rings. The highest BCUT2D eigenvalue weighted by Gasteiger charge is 2.11. The second kappa shape index (κ2) is 10.7. The molecule has 31 heavy (non-hydrogen) atoms. The van der Waals surface area contributed by atoms with Crippen molar-refractivity contribution in [1.82, 2.24) is 0 Å². The summed E-state index contributed by atoms with van der Waals surface area (Å²) in [7, 11) is 0. The van der Waals surface area contributed by atoms with E-state index in [2.05, 4.69) is 63.4 Å². The van der Waals surface area contributed by atoms with Crippen LogP contribution in [-0.4, -0.2) is 19.3 Å². The predicted octanol–water partition coefficient (Wildman–Crippen LogP) is 7.80. The maximum absolute atomic E-state index is 4.60. The molecule has 0 unspecified atom stereocenters.